The van der Waals surface area contributed by atoms with Gasteiger partial charge in [0.25, 0.3) is 0 Å². The SMILES string of the molecule is C1=CCCCCCC=1.[Cl][Pt][Cl]. The summed E-state index contributed by atoms with van der Waals surface area (Å²) in [6, 6.07) is 0. The summed E-state index contributed by atoms with van der Waals surface area (Å²) in [6.07, 6.45) is 10.9. The fourth-order valence-electron chi connectivity index (χ4n) is 0.920. The topological polar surface area (TPSA) is 0 Å². The Morgan fingerprint density at radius 2 is 1.45 bits per heavy atom. The minimum atomic E-state index is -0.472. The van der Waals surface area contributed by atoms with E-state index in [0.29, 0.717) is 0 Å². The van der Waals surface area contributed by atoms with Crippen LogP contribution in [0.4, 0.5) is 0 Å². The third-order valence-electron chi connectivity index (χ3n) is 1.43. The van der Waals surface area contributed by atoms with Gasteiger partial charge in [0.15, 0.2) is 0 Å². The molecule has 0 bridgehead atoms. The first kappa shape index (κ1) is 11.8. The normalized spacial score (nSPS) is 16.5. The molecular weight excluding hydrogens is 362 g/mol. The second kappa shape index (κ2) is 10.8. The third-order valence-corrected chi connectivity index (χ3v) is 1.43. The molecular formula is C8H12Cl2Pt. The summed E-state index contributed by atoms with van der Waals surface area (Å²) in [5.74, 6) is 0. The second-order valence-electron chi connectivity index (χ2n) is 2.26. The van der Waals surface area contributed by atoms with Crippen LogP contribution in [-0.2, 0) is 16.5 Å². The van der Waals surface area contributed by atoms with E-state index in [1.165, 1.54) is 32.1 Å². The average Bonchev–Trinajstić information content (AvgIpc) is 1.86. The van der Waals surface area contributed by atoms with Crippen molar-refractivity contribution < 1.29 is 16.5 Å². The summed E-state index contributed by atoms with van der Waals surface area (Å²) in [5, 5.41) is 0. The molecule has 11 heavy (non-hydrogen) atoms. The van der Waals surface area contributed by atoms with Gasteiger partial charge in [-0.1, -0.05) is 6.42 Å². The molecule has 0 atom stereocenters. The van der Waals surface area contributed by atoms with Crippen molar-refractivity contribution >= 4 is 18.8 Å². The van der Waals surface area contributed by atoms with Crippen molar-refractivity contribution in [1.82, 2.24) is 0 Å². The second-order valence-corrected chi connectivity index (χ2v) is 5.54. The van der Waals surface area contributed by atoms with Crippen LogP contribution < -0.4 is 0 Å². The first-order chi connectivity index (χ1) is 5.41. The molecule has 0 amide bonds. The van der Waals surface area contributed by atoms with E-state index in [2.05, 4.69) is 17.9 Å². The summed E-state index contributed by atoms with van der Waals surface area (Å²) >= 11 is -0.472. The van der Waals surface area contributed by atoms with Crippen LogP contribution >= 0.6 is 18.8 Å². The van der Waals surface area contributed by atoms with Gasteiger partial charge >= 0.3 is 35.3 Å². The van der Waals surface area contributed by atoms with Gasteiger partial charge in [0, 0.05) is 0 Å². The Hall–Kier alpha value is 0.788. The standard InChI is InChI=1S/C8H12.2ClH.Pt/c1-2-4-6-8-7-5-3-1;;;/h1,5H,2,4,6-8H2;2*1H;/q;;;+2/p-2. The molecule has 0 radical (unpaired) electrons. The summed E-state index contributed by atoms with van der Waals surface area (Å²) in [6.45, 7) is 0. The van der Waals surface area contributed by atoms with Gasteiger partial charge in [-0.3, -0.25) is 0 Å². The van der Waals surface area contributed by atoms with Crippen molar-refractivity contribution in [2.75, 3.05) is 0 Å². The number of hydrogen-bond donors (Lipinski definition) is 0. The molecule has 0 unspecified atom stereocenters. The molecule has 0 spiro atoms. The average molecular weight is 374 g/mol. The van der Waals surface area contributed by atoms with E-state index >= 15 is 0 Å². The van der Waals surface area contributed by atoms with E-state index in [1.54, 1.807) is 0 Å². The molecule has 1 rings (SSSR count). The summed E-state index contributed by atoms with van der Waals surface area (Å²) < 4.78 is 0. The molecule has 0 aliphatic heterocycles. The number of halogens is 2. The minimum absolute atomic E-state index is 0.472. The maximum absolute atomic E-state index is 4.88. The van der Waals surface area contributed by atoms with E-state index in [4.69, 9.17) is 18.8 Å². The van der Waals surface area contributed by atoms with E-state index in [-0.39, 0.29) is 0 Å². The molecule has 0 fully saturated rings. The van der Waals surface area contributed by atoms with Crippen LogP contribution in [0.5, 0.6) is 0 Å². The summed E-state index contributed by atoms with van der Waals surface area (Å²) in [5.41, 5.74) is 3.14. The molecule has 0 heterocycles. The Bertz CT molecular complexity index is 118. The van der Waals surface area contributed by atoms with E-state index in [0.717, 1.165) is 0 Å². The van der Waals surface area contributed by atoms with Crippen LogP contribution in [0.3, 0.4) is 0 Å². The molecule has 0 N–H and O–H groups in total. The Balaban J connectivity index is 0.000000292. The molecule has 0 aromatic heterocycles. The van der Waals surface area contributed by atoms with Crippen molar-refractivity contribution in [2.24, 2.45) is 0 Å². The Morgan fingerprint density at radius 3 is 1.91 bits per heavy atom. The van der Waals surface area contributed by atoms with Gasteiger partial charge in [-0.25, -0.2) is 0 Å². The van der Waals surface area contributed by atoms with Crippen LogP contribution in [0.2, 0.25) is 0 Å². The first-order valence-corrected chi connectivity index (χ1v) is 9.26. The predicted octanol–water partition coefficient (Wildman–Crippen LogP) is 4.04. The van der Waals surface area contributed by atoms with Gasteiger partial charge in [0.05, 0.1) is 0 Å². The molecule has 3 heteroatoms. The first-order valence-electron chi connectivity index (χ1n) is 3.63. The summed E-state index contributed by atoms with van der Waals surface area (Å²) in [7, 11) is 9.75. The van der Waals surface area contributed by atoms with Crippen LogP contribution in [0.25, 0.3) is 0 Å². The Morgan fingerprint density at radius 1 is 1.00 bits per heavy atom. The van der Waals surface area contributed by atoms with Crippen LogP contribution in [0.1, 0.15) is 32.1 Å². The molecule has 0 saturated carbocycles. The Labute approximate surface area is 85.0 Å². The zero-order chi connectivity index (χ0) is 8.36. The van der Waals surface area contributed by atoms with Gasteiger partial charge in [-0.2, -0.15) is 0 Å². The monoisotopic (exact) mass is 373 g/mol. The molecule has 0 aromatic carbocycles. The van der Waals surface area contributed by atoms with Crippen molar-refractivity contribution in [3.8, 4) is 0 Å². The predicted molar refractivity (Wildman–Crippen MR) is 47.4 cm³/mol. The molecule has 68 valence electrons. The van der Waals surface area contributed by atoms with Gasteiger partial charge in [-0.15, -0.1) is 5.73 Å². The number of hydrogen-bond acceptors (Lipinski definition) is 0. The molecule has 0 nitrogen and oxygen atoms in total. The van der Waals surface area contributed by atoms with Gasteiger partial charge < -0.3 is 0 Å². The molecule has 1 aliphatic carbocycles. The van der Waals surface area contributed by atoms with Gasteiger partial charge in [-0.05, 0) is 37.8 Å². The van der Waals surface area contributed by atoms with Crippen molar-refractivity contribution in [3.63, 3.8) is 0 Å². The van der Waals surface area contributed by atoms with Crippen molar-refractivity contribution in [3.05, 3.63) is 17.9 Å². The molecule has 1 aliphatic rings. The van der Waals surface area contributed by atoms with E-state index < -0.39 is 16.5 Å². The Kier molecular flexibility index (Phi) is 11.6. The number of rotatable bonds is 0. The van der Waals surface area contributed by atoms with Crippen molar-refractivity contribution in [1.29, 1.82) is 0 Å². The third kappa shape index (κ3) is 10.8. The fraction of sp³-hybridized carbons (Fsp3) is 0.625. The van der Waals surface area contributed by atoms with E-state index in [9.17, 15) is 0 Å². The summed E-state index contributed by atoms with van der Waals surface area (Å²) in [4.78, 5) is 0. The molecule has 0 saturated heterocycles. The maximum atomic E-state index is 4.88. The quantitative estimate of drug-likeness (QED) is 0.562. The zero-order valence-electron chi connectivity index (χ0n) is 6.26. The van der Waals surface area contributed by atoms with E-state index in [1.807, 2.05) is 0 Å². The zero-order valence-corrected chi connectivity index (χ0v) is 10.0. The van der Waals surface area contributed by atoms with Crippen LogP contribution in [0, 0.1) is 0 Å². The van der Waals surface area contributed by atoms with Crippen molar-refractivity contribution in [2.45, 2.75) is 32.1 Å². The fourth-order valence-corrected chi connectivity index (χ4v) is 0.920. The van der Waals surface area contributed by atoms with Crippen LogP contribution in [-0.4, -0.2) is 0 Å². The van der Waals surface area contributed by atoms with Crippen LogP contribution in [0.15, 0.2) is 17.9 Å². The number of allylic oxidation sites excluding steroid dienone is 1. The van der Waals surface area contributed by atoms with Gasteiger partial charge in [0.1, 0.15) is 0 Å². The molecule has 0 aromatic rings. The van der Waals surface area contributed by atoms with Gasteiger partial charge in [0.2, 0.25) is 0 Å².